The van der Waals surface area contributed by atoms with Crippen molar-refractivity contribution in [1.82, 2.24) is 5.32 Å². The third-order valence-corrected chi connectivity index (χ3v) is 4.89. The van der Waals surface area contributed by atoms with Crippen LogP contribution in [-0.4, -0.2) is 67.4 Å². The van der Waals surface area contributed by atoms with Crippen molar-refractivity contribution in [1.29, 1.82) is 0 Å². The Bertz CT molecular complexity index is 858. The average molecular weight is 459 g/mol. The number of carbonyl (C=O) groups is 1. The zero-order valence-electron chi connectivity index (χ0n) is 19.2. The van der Waals surface area contributed by atoms with Crippen LogP contribution in [0.3, 0.4) is 0 Å². The molecule has 1 aromatic carbocycles. The first-order valence-electron chi connectivity index (χ1n) is 11.0. The number of benzene rings is 1. The molecule has 1 aliphatic rings. The second-order valence-corrected chi connectivity index (χ2v) is 7.77. The van der Waals surface area contributed by atoms with Gasteiger partial charge in [-0.25, -0.2) is 4.79 Å². The van der Waals surface area contributed by atoms with Gasteiger partial charge in [0.1, 0.15) is 6.10 Å². The molecular weight excluding hydrogens is 424 g/mol. The zero-order valence-corrected chi connectivity index (χ0v) is 19.2. The first-order valence-corrected chi connectivity index (χ1v) is 11.0. The fraction of sp³-hybridized carbons (Fsp3) is 0.400. The minimum absolute atomic E-state index is 0.108. The number of esters is 1. The van der Waals surface area contributed by atoms with E-state index in [1.165, 1.54) is 11.3 Å². The lowest BCUT2D eigenvalue weighted by Gasteiger charge is -2.17. The van der Waals surface area contributed by atoms with E-state index >= 15 is 0 Å². The molecular formula is C25H34N2O6. The molecule has 0 spiro atoms. The summed E-state index contributed by atoms with van der Waals surface area (Å²) >= 11 is 0. The summed E-state index contributed by atoms with van der Waals surface area (Å²) in [6, 6.07) is 8.41. The summed E-state index contributed by atoms with van der Waals surface area (Å²) in [6.45, 7) is 1.10. The summed E-state index contributed by atoms with van der Waals surface area (Å²) in [5.41, 5.74) is 2.37. The molecule has 0 saturated heterocycles. The minimum atomic E-state index is -1.28. The summed E-state index contributed by atoms with van der Waals surface area (Å²) in [5, 5.41) is 31.8. The quantitative estimate of drug-likeness (QED) is 0.191. The summed E-state index contributed by atoms with van der Waals surface area (Å²) in [4.78, 5) is 13.2. The van der Waals surface area contributed by atoms with E-state index < -0.39 is 29.7 Å². The number of unbranched alkanes of at least 4 members (excludes halogenated alkanes) is 1. The summed E-state index contributed by atoms with van der Waals surface area (Å²) < 4.78 is 10.0. The number of ether oxygens (including phenoxy) is 2. The zero-order chi connectivity index (χ0) is 24.1. The van der Waals surface area contributed by atoms with Gasteiger partial charge in [-0.3, -0.25) is 0 Å². The van der Waals surface area contributed by atoms with Gasteiger partial charge in [-0.05, 0) is 49.2 Å². The number of cyclic esters (lactones) is 1. The standard InChI is InChI=1S/C25H34N2O6/c1-27(2)20-13-11-19(12-14-20)10-6-4-3-5-7-15-26-16-8-9-17-32-18-21(28)24-22(29)23(30)25(31)33-24/h3,5-7,10-15,21,24,26,28-30H,4,8-9,16-18H2,1-2H3/b5-3-,10-6+,15-7-. The molecule has 0 radical (unpaired) electrons. The number of nitrogens with one attached hydrogen (secondary N) is 1. The fourth-order valence-electron chi connectivity index (χ4n) is 2.98. The summed E-state index contributed by atoms with van der Waals surface area (Å²) in [6.07, 6.45) is 12.2. The van der Waals surface area contributed by atoms with E-state index in [4.69, 9.17) is 4.74 Å². The summed E-state index contributed by atoms with van der Waals surface area (Å²) in [7, 11) is 4.05. The SMILES string of the molecule is CN(C)c1ccc(/C=C/C/C=C\C=C/NCCCCOCC(O)C2OC(=O)C(O)=C2O)cc1. The molecule has 2 unspecified atom stereocenters. The molecule has 1 aliphatic heterocycles. The van der Waals surface area contributed by atoms with Crippen molar-refractivity contribution >= 4 is 17.7 Å². The minimum Gasteiger partial charge on any atom is -0.505 e. The van der Waals surface area contributed by atoms with Gasteiger partial charge >= 0.3 is 5.97 Å². The van der Waals surface area contributed by atoms with E-state index in [1.807, 2.05) is 32.4 Å². The maximum Gasteiger partial charge on any atom is 0.377 e. The van der Waals surface area contributed by atoms with Crippen LogP contribution < -0.4 is 10.2 Å². The van der Waals surface area contributed by atoms with Gasteiger partial charge in [0.15, 0.2) is 11.9 Å². The number of aliphatic hydroxyl groups excluding tert-OH is 3. The van der Waals surface area contributed by atoms with Gasteiger partial charge in [-0.15, -0.1) is 0 Å². The van der Waals surface area contributed by atoms with E-state index in [1.54, 1.807) is 0 Å². The normalized spacial score (nSPS) is 17.4. The Labute approximate surface area is 195 Å². The van der Waals surface area contributed by atoms with Crippen LogP contribution >= 0.6 is 0 Å². The Morgan fingerprint density at radius 3 is 2.58 bits per heavy atom. The van der Waals surface area contributed by atoms with Crippen molar-refractivity contribution < 1.29 is 29.6 Å². The number of aliphatic hydroxyl groups is 3. The highest BCUT2D eigenvalue weighted by Gasteiger charge is 2.39. The summed E-state index contributed by atoms with van der Waals surface area (Å²) in [5.74, 6) is -2.57. The fourth-order valence-corrected chi connectivity index (χ4v) is 2.98. The molecule has 0 saturated carbocycles. The molecule has 180 valence electrons. The highest BCUT2D eigenvalue weighted by atomic mass is 16.6. The van der Waals surface area contributed by atoms with Crippen LogP contribution in [0.25, 0.3) is 6.08 Å². The Kier molecular flexibility index (Phi) is 11.1. The van der Waals surface area contributed by atoms with Gasteiger partial charge < -0.3 is 35.0 Å². The first-order chi connectivity index (χ1) is 15.9. The van der Waals surface area contributed by atoms with Crippen LogP contribution in [-0.2, 0) is 14.3 Å². The lowest BCUT2D eigenvalue weighted by Crippen LogP contribution is -2.33. The molecule has 2 rings (SSSR count). The second-order valence-electron chi connectivity index (χ2n) is 7.77. The number of hydrogen-bond donors (Lipinski definition) is 4. The van der Waals surface area contributed by atoms with Crippen LogP contribution in [0.4, 0.5) is 5.69 Å². The average Bonchev–Trinajstić information content (AvgIpc) is 3.06. The third-order valence-electron chi connectivity index (χ3n) is 4.89. The molecule has 1 aromatic rings. The first kappa shape index (κ1) is 26.0. The second kappa shape index (κ2) is 14.0. The molecule has 4 N–H and O–H groups in total. The molecule has 0 amide bonds. The molecule has 8 nitrogen and oxygen atoms in total. The number of allylic oxidation sites excluding steroid dienone is 4. The molecule has 0 aromatic heterocycles. The lowest BCUT2D eigenvalue weighted by molar-refractivity contribution is -0.148. The van der Waals surface area contributed by atoms with E-state index in [-0.39, 0.29) is 6.61 Å². The van der Waals surface area contributed by atoms with E-state index in [0.29, 0.717) is 6.61 Å². The predicted octanol–water partition coefficient (Wildman–Crippen LogP) is 3.23. The molecule has 0 aliphatic carbocycles. The van der Waals surface area contributed by atoms with Crippen LogP contribution in [0, 0.1) is 0 Å². The third kappa shape index (κ3) is 9.03. The van der Waals surface area contributed by atoms with Crippen LogP contribution in [0.5, 0.6) is 0 Å². The van der Waals surface area contributed by atoms with Gasteiger partial charge in [0.05, 0.1) is 6.61 Å². The van der Waals surface area contributed by atoms with Gasteiger partial charge in [0.25, 0.3) is 0 Å². The van der Waals surface area contributed by atoms with Crippen molar-refractivity contribution in [2.45, 2.75) is 31.5 Å². The molecule has 33 heavy (non-hydrogen) atoms. The highest BCUT2D eigenvalue weighted by molar-refractivity contribution is 5.89. The number of nitrogens with zero attached hydrogens (tertiary/aromatic N) is 1. The molecule has 8 heteroatoms. The Morgan fingerprint density at radius 2 is 1.91 bits per heavy atom. The van der Waals surface area contributed by atoms with Crippen molar-refractivity contribution in [3.63, 3.8) is 0 Å². The molecule has 1 heterocycles. The van der Waals surface area contributed by atoms with Gasteiger partial charge in [0.2, 0.25) is 5.76 Å². The van der Waals surface area contributed by atoms with Crippen molar-refractivity contribution in [3.05, 3.63) is 71.9 Å². The smallest absolute Gasteiger partial charge is 0.377 e. The molecule has 0 fully saturated rings. The van der Waals surface area contributed by atoms with E-state index in [0.717, 1.165) is 25.8 Å². The van der Waals surface area contributed by atoms with Gasteiger partial charge in [-0.2, -0.15) is 0 Å². The number of carbonyl (C=O) groups excluding carboxylic acids is 1. The highest BCUT2D eigenvalue weighted by Crippen LogP contribution is 2.21. The van der Waals surface area contributed by atoms with Crippen molar-refractivity contribution in [2.24, 2.45) is 0 Å². The topological polar surface area (TPSA) is 111 Å². The van der Waals surface area contributed by atoms with Gasteiger partial charge in [0, 0.05) is 32.9 Å². The number of anilines is 1. The Hall–Kier alpha value is -3.23. The van der Waals surface area contributed by atoms with Gasteiger partial charge in [-0.1, -0.05) is 36.4 Å². The number of hydrogen-bond acceptors (Lipinski definition) is 8. The van der Waals surface area contributed by atoms with Crippen molar-refractivity contribution in [3.8, 4) is 0 Å². The van der Waals surface area contributed by atoms with E-state index in [9.17, 15) is 20.1 Å². The predicted molar refractivity (Wildman–Crippen MR) is 129 cm³/mol. The maximum atomic E-state index is 11.1. The number of rotatable bonds is 14. The Balaban J connectivity index is 1.47. The van der Waals surface area contributed by atoms with Crippen molar-refractivity contribution in [2.75, 3.05) is 38.8 Å². The monoisotopic (exact) mass is 458 g/mol. The largest absolute Gasteiger partial charge is 0.505 e. The molecule has 0 bridgehead atoms. The molecule has 2 atom stereocenters. The maximum absolute atomic E-state index is 11.1. The van der Waals surface area contributed by atoms with E-state index in [2.05, 4.69) is 57.4 Å². The van der Waals surface area contributed by atoms with Crippen LogP contribution in [0.15, 0.2) is 66.3 Å². The van der Waals surface area contributed by atoms with Crippen LogP contribution in [0.2, 0.25) is 0 Å². The Morgan fingerprint density at radius 1 is 1.15 bits per heavy atom. The lowest BCUT2D eigenvalue weighted by atomic mass is 10.1. The van der Waals surface area contributed by atoms with Crippen LogP contribution in [0.1, 0.15) is 24.8 Å².